The first-order valence-corrected chi connectivity index (χ1v) is 5.11. The van der Waals surface area contributed by atoms with Crippen molar-refractivity contribution in [3.8, 4) is 0 Å². The number of rotatable bonds is 2. The molecule has 2 atom stereocenters. The quantitative estimate of drug-likeness (QED) is 0.340. The first-order chi connectivity index (χ1) is 5.59. The van der Waals surface area contributed by atoms with Crippen molar-refractivity contribution in [1.29, 1.82) is 0 Å². The zero-order valence-electron chi connectivity index (χ0n) is 6.07. The van der Waals surface area contributed by atoms with Crippen LogP contribution in [-0.2, 0) is 4.74 Å². The van der Waals surface area contributed by atoms with Crippen molar-refractivity contribution in [3.63, 3.8) is 0 Å². The van der Waals surface area contributed by atoms with E-state index in [1.165, 1.54) is 6.08 Å². The van der Waals surface area contributed by atoms with Crippen LogP contribution >= 0.6 is 31.9 Å². The lowest BCUT2D eigenvalue weighted by atomic mass is 10.2. The summed E-state index contributed by atoms with van der Waals surface area (Å²) in [4.78, 5) is 9.71. The number of hydrogen-bond acceptors (Lipinski definition) is 3. The van der Waals surface area contributed by atoms with Crippen LogP contribution in [0.2, 0.25) is 0 Å². The maximum Gasteiger partial charge on any atom is 0.309 e. The van der Waals surface area contributed by atoms with Crippen molar-refractivity contribution in [1.82, 2.24) is 0 Å². The molecule has 0 amide bonds. The fraction of sp³-hybridized carbons (Fsp3) is 0.667. The number of nitrogens with zero attached hydrogens (tertiary/aromatic N) is 1. The summed E-state index contributed by atoms with van der Waals surface area (Å²) in [5.74, 6) is 0. The molecule has 0 spiro atoms. The highest BCUT2D eigenvalue weighted by molar-refractivity contribution is 9.11. The molecule has 1 heterocycles. The number of ether oxygens (including phenoxy) is 1. The summed E-state index contributed by atoms with van der Waals surface area (Å²) in [6.07, 6.45) is 3.04. The Balaban J connectivity index is 2.50. The smallest absolute Gasteiger partial charge is 0.309 e. The van der Waals surface area contributed by atoms with E-state index < -0.39 is 4.92 Å². The fourth-order valence-corrected chi connectivity index (χ4v) is 1.79. The molecule has 1 rings (SSSR count). The molecule has 0 radical (unpaired) electrons. The van der Waals surface area contributed by atoms with Gasteiger partial charge in [0.25, 0.3) is 0 Å². The molecule has 0 aromatic rings. The van der Waals surface area contributed by atoms with E-state index in [9.17, 15) is 10.1 Å². The van der Waals surface area contributed by atoms with E-state index in [1.54, 1.807) is 0 Å². The monoisotopic (exact) mass is 299 g/mol. The Morgan fingerprint density at radius 3 is 2.75 bits per heavy atom. The van der Waals surface area contributed by atoms with Crippen LogP contribution in [0.3, 0.4) is 0 Å². The Kier molecular flexibility index (Phi) is 3.67. The summed E-state index contributed by atoms with van der Waals surface area (Å²) >= 11 is 6.11. The van der Waals surface area contributed by atoms with Crippen LogP contribution in [0, 0.1) is 10.1 Å². The van der Waals surface area contributed by atoms with Gasteiger partial charge in [0, 0.05) is 22.0 Å². The second-order valence-corrected chi connectivity index (χ2v) is 4.24. The van der Waals surface area contributed by atoms with Crippen LogP contribution in [0.5, 0.6) is 0 Å². The molecule has 0 aromatic carbocycles. The van der Waals surface area contributed by atoms with Crippen LogP contribution in [0.4, 0.5) is 0 Å². The number of halogens is 2. The zero-order valence-corrected chi connectivity index (χ0v) is 9.25. The molecule has 0 N–H and O–H groups in total. The highest BCUT2D eigenvalue weighted by Gasteiger charge is 2.23. The number of nitro groups is 1. The van der Waals surface area contributed by atoms with Crippen LogP contribution in [0.25, 0.3) is 0 Å². The molecule has 0 aliphatic carbocycles. The van der Waals surface area contributed by atoms with Gasteiger partial charge in [0.05, 0.1) is 11.0 Å². The van der Waals surface area contributed by atoms with Crippen molar-refractivity contribution in [2.45, 2.75) is 24.0 Å². The zero-order chi connectivity index (χ0) is 9.14. The Morgan fingerprint density at radius 1 is 1.67 bits per heavy atom. The molecular weight excluding hydrogens is 294 g/mol. The van der Waals surface area contributed by atoms with Gasteiger partial charge in [-0.2, -0.15) is 0 Å². The summed E-state index contributed by atoms with van der Waals surface area (Å²) in [5, 5.41) is 10.2. The Labute approximate surface area is 86.4 Å². The van der Waals surface area contributed by atoms with Crippen molar-refractivity contribution in [2.24, 2.45) is 0 Å². The van der Waals surface area contributed by atoms with E-state index in [4.69, 9.17) is 4.74 Å². The SMILES string of the molecule is O=[N+]([O-])/C(Br)=C/C1CCC(Br)O1. The second kappa shape index (κ2) is 4.34. The lowest BCUT2D eigenvalue weighted by Gasteiger charge is -2.02. The van der Waals surface area contributed by atoms with Crippen molar-refractivity contribution >= 4 is 31.9 Å². The Hall–Kier alpha value is 0.0600. The lowest BCUT2D eigenvalue weighted by Crippen LogP contribution is -2.05. The third kappa shape index (κ3) is 2.84. The first-order valence-electron chi connectivity index (χ1n) is 3.41. The molecule has 12 heavy (non-hydrogen) atoms. The van der Waals surface area contributed by atoms with E-state index in [0.29, 0.717) is 0 Å². The summed E-state index contributed by atoms with van der Waals surface area (Å²) in [6.45, 7) is 0. The highest BCUT2D eigenvalue weighted by Crippen LogP contribution is 2.26. The minimum absolute atomic E-state index is 0.0332. The van der Waals surface area contributed by atoms with Crippen LogP contribution < -0.4 is 0 Å². The van der Waals surface area contributed by atoms with Gasteiger partial charge in [-0.25, -0.2) is 0 Å². The summed E-state index contributed by atoms with van der Waals surface area (Å²) in [5.41, 5.74) is 0. The largest absolute Gasteiger partial charge is 0.359 e. The third-order valence-electron chi connectivity index (χ3n) is 1.50. The van der Waals surface area contributed by atoms with Gasteiger partial charge >= 0.3 is 4.61 Å². The van der Waals surface area contributed by atoms with Crippen LogP contribution in [-0.4, -0.2) is 16.0 Å². The van der Waals surface area contributed by atoms with E-state index in [-0.39, 0.29) is 15.7 Å². The van der Waals surface area contributed by atoms with Gasteiger partial charge in [0.15, 0.2) is 0 Å². The summed E-state index contributed by atoms with van der Waals surface area (Å²) in [6, 6.07) is 0. The molecule has 1 aliphatic rings. The lowest BCUT2D eigenvalue weighted by molar-refractivity contribution is -0.409. The van der Waals surface area contributed by atoms with Gasteiger partial charge in [0.1, 0.15) is 5.01 Å². The van der Waals surface area contributed by atoms with Gasteiger partial charge in [-0.1, -0.05) is 15.9 Å². The van der Waals surface area contributed by atoms with E-state index in [1.807, 2.05) is 0 Å². The minimum atomic E-state index is -0.481. The third-order valence-corrected chi connectivity index (χ3v) is 2.73. The van der Waals surface area contributed by atoms with E-state index >= 15 is 0 Å². The van der Waals surface area contributed by atoms with Crippen molar-refractivity contribution in [2.75, 3.05) is 0 Å². The van der Waals surface area contributed by atoms with Crippen LogP contribution in [0.1, 0.15) is 12.8 Å². The van der Waals surface area contributed by atoms with Gasteiger partial charge in [-0.05, 0) is 12.8 Å². The summed E-state index contributed by atoms with van der Waals surface area (Å²) in [7, 11) is 0. The maximum atomic E-state index is 10.2. The molecule has 1 fully saturated rings. The molecule has 2 unspecified atom stereocenters. The molecule has 1 aliphatic heterocycles. The maximum absolute atomic E-state index is 10.2. The minimum Gasteiger partial charge on any atom is -0.359 e. The normalized spacial score (nSPS) is 30.7. The second-order valence-electron chi connectivity index (χ2n) is 2.41. The average Bonchev–Trinajstić information content (AvgIpc) is 2.35. The first kappa shape index (κ1) is 10.1. The van der Waals surface area contributed by atoms with Gasteiger partial charge in [0.2, 0.25) is 0 Å². The van der Waals surface area contributed by atoms with Crippen molar-refractivity contribution in [3.05, 3.63) is 20.8 Å². The fourth-order valence-electron chi connectivity index (χ4n) is 0.958. The topological polar surface area (TPSA) is 52.4 Å². The predicted molar refractivity (Wildman–Crippen MR) is 50.8 cm³/mol. The molecule has 6 heteroatoms. The molecule has 1 saturated heterocycles. The standard InChI is InChI=1S/C6H7Br2NO3/c7-5(9(10)11)3-4-1-2-6(8)12-4/h3-4,6H,1-2H2/b5-3+. The highest BCUT2D eigenvalue weighted by atomic mass is 79.9. The number of hydrogen-bond donors (Lipinski definition) is 0. The molecule has 0 bridgehead atoms. The van der Waals surface area contributed by atoms with E-state index in [0.717, 1.165) is 12.8 Å². The molecule has 0 saturated carbocycles. The molecular formula is C6H7Br2NO3. The van der Waals surface area contributed by atoms with Crippen LogP contribution in [0.15, 0.2) is 10.7 Å². The van der Waals surface area contributed by atoms with Crippen molar-refractivity contribution < 1.29 is 9.66 Å². The van der Waals surface area contributed by atoms with E-state index in [2.05, 4.69) is 31.9 Å². The molecule has 4 nitrogen and oxygen atoms in total. The van der Waals surface area contributed by atoms with Gasteiger partial charge in [-0.15, -0.1) is 0 Å². The molecule has 0 aromatic heterocycles. The van der Waals surface area contributed by atoms with Gasteiger partial charge in [-0.3, -0.25) is 10.1 Å². The number of alkyl halides is 1. The Bertz CT molecular complexity index is 219. The average molecular weight is 301 g/mol. The summed E-state index contributed by atoms with van der Waals surface area (Å²) < 4.78 is 5.25. The van der Waals surface area contributed by atoms with Gasteiger partial charge < -0.3 is 4.74 Å². The molecule has 68 valence electrons. The Morgan fingerprint density at radius 2 is 2.33 bits per heavy atom. The predicted octanol–water partition coefficient (Wildman–Crippen LogP) is 2.40.